The minimum Gasteiger partial charge on any atom is -0.299 e. The number of benzene rings is 1. The highest BCUT2D eigenvalue weighted by Gasteiger charge is 2.46. The highest BCUT2D eigenvalue weighted by Crippen LogP contribution is 2.45. The maximum atomic E-state index is 6.32. The van der Waals surface area contributed by atoms with Crippen LogP contribution < -0.4 is 0 Å². The van der Waals surface area contributed by atoms with E-state index in [2.05, 4.69) is 53.0 Å². The Morgan fingerprint density at radius 2 is 1.77 bits per heavy atom. The molecule has 0 N–H and O–H groups in total. The average molecular weight is 413 g/mol. The number of likely N-dealkylation sites (tertiary alicyclic amines) is 2. The van der Waals surface area contributed by atoms with Crippen molar-refractivity contribution in [1.82, 2.24) is 14.8 Å². The Morgan fingerprint density at radius 1 is 1.08 bits per heavy atom. The Balaban J connectivity index is 0.00000196. The van der Waals surface area contributed by atoms with E-state index in [0.29, 0.717) is 27.9 Å². The maximum absolute atomic E-state index is 6.32. The van der Waals surface area contributed by atoms with Crippen molar-refractivity contribution in [2.24, 2.45) is 11.8 Å². The standard InChI is InChI=1S/C20H23Cl2N3.ClH/c1-13-5-3-4-6-15(13)20-16-11-25(10-14(16)9-24(20)2)12-17-18(21)7-23-8-19(17)22;/h3-8,14,16,20H,9-12H2,1-2H3;1H/t14-,16+,20-;/m0./s1. The van der Waals surface area contributed by atoms with Crippen LogP contribution in [0.1, 0.15) is 22.7 Å². The zero-order valence-corrected chi connectivity index (χ0v) is 17.4. The lowest BCUT2D eigenvalue weighted by Crippen LogP contribution is -2.29. The first-order valence-electron chi connectivity index (χ1n) is 8.80. The second kappa shape index (κ2) is 8.04. The largest absolute Gasteiger partial charge is 0.299 e. The van der Waals surface area contributed by atoms with Crippen molar-refractivity contribution >= 4 is 35.6 Å². The SMILES string of the molecule is Cc1ccccc1[C@H]1[C@@H]2CN(Cc3c(Cl)cncc3Cl)C[C@@H]2CN1C.Cl. The predicted octanol–water partition coefficient (Wildman–Crippen LogP) is 4.85. The quantitative estimate of drug-likeness (QED) is 0.718. The minimum absolute atomic E-state index is 0. The summed E-state index contributed by atoms with van der Waals surface area (Å²) in [6.07, 6.45) is 3.37. The molecule has 2 aromatic rings. The molecular weight excluding hydrogens is 389 g/mol. The minimum atomic E-state index is 0. The van der Waals surface area contributed by atoms with Crippen LogP contribution in [0.5, 0.6) is 0 Å². The van der Waals surface area contributed by atoms with Gasteiger partial charge in [-0.05, 0) is 36.9 Å². The van der Waals surface area contributed by atoms with E-state index in [0.717, 1.165) is 31.7 Å². The third-order valence-electron chi connectivity index (χ3n) is 5.81. The second-order valence-electron chi connectivity index (χ2n) is 7.44. The Morgan fingerprint density at radius 3 is 2.46 bits per heavy atom. The van der Waals surface area contributed by atoms with Gasteiger partial charge in [-0.15, -0.1) is 12.4 Å². The van der Waals surface area contributed by atoms with E-state index in [9.17, 15) is 0 Å². The van der Waals surface area contributed by atoms with Crippen molar-refractivity contribution in [3.63, 3.8) is 0 Å². The van der Waals surface area contributed by atoms with E-state index in [1.54, 1.807) is 12.4 Å². The van der Waals surface area contributed by atoms with Gasteiger partial charge in [0.05, 0.1) is 10.0 Å². The molecule has 140 valence electrons. The molecule has 2 aliphatic rings. The fourth-order valence-corrected chi connectivity index (χ4v) is 5.16. The second-order valence-corrected chi connectivity index (χ2v) is 8.26. The van der Waals surface area contributed by atoms with Crippen LogP contribution in [0.15, 0.2) is 36.7 Å². The van der Waals surface area contributed by atoms with Crippen LogP contribution in [0.25, 0.3) is 0 Å². The van der Waals surface area contributed by atoms with E-state index < -0.39 is 0 Å². The molecule has 0 aliphatic carbocycles. The number of aryl methyl sites for hydroxylation is 1. The molecule has 2 fully saturated rings. The monoisotopic (exact) mass is 411 g/mol. The molecule has 0 bridgehead atoms. The summed E-state index contributed by atoms with van der Waals surface area (Å²) in [5.41, 5.74) is 3.86. The topological polar surface area (TPSA) is 19.4 Å². The molecule has 1 aromatic carbocycles. The van der Waals surface area contributed by atoms with Crippen LogP contribution in [0.3, 0.4) is 0 Å². The van der Waals surface area contributed by atoms with Crippen LogP contribution in [0, 0.1) is 18.8 Å². The number of hydrogen-bond donors (Lipinski definition) is 0. The Bertz CT molecular complexity index is 762. The molecule has 26 heavy (non-hydrogen) atoms. The summed E-state index contributed by atoms with van der Waals surface area (Å²) in [4.78, 5) is 9.09. The summed E-state index contributed by atoms with van der Waals surface area (Å²) >= 11 is 12.6. The molecule has 4 rings (SSSR count). The van der Waals surface area contributed by atoms with Gasteiger partial charge in [-0.3, -0.25) is 14.8 Å². The molecule has 0 saturated carbocycles. The summed E-state index contributed by atoms with van der Waals surface area (Å²) in [7, 11) is 2.26. The summed E-state index contributed by atoms with van der Waals surface area (Å²) in [6, 6.07) is 9.30. The number of nitrogens with zero attached hydrogens (tertiary/aromatic N) is 3. The Labute approximate surface area is 171 Å². The first-order chi connectivity index (χ1) is 12.0. The smallest absolute Gasteiger partial charge is 0.0649 e. The van der Waals surface area contributed by atoms with E-state index in [-0.39, 0.29) is 12.4 Å². The van der Waals surface area contributed by atoms with Crippen molar-refractivity contribution in [3.05, 3.63) is 63.4 Å². The van der Waals surface area contributed by atoms with Crippen molar-refractivity contribution in [1.29, 1.82) is 0 Å². The fraction of sp³-hybridized carbons (Fsp3) is 0.450. The van der Waals surface area contributed by atoms with Gasteiger partial charge in [0.1, 0.15) is 0 Å². The molecule has 0 amide bonds. The van der Waals surface area contributed by atoms with E-state index in [1.165, 1.54) is 11.1 Å². The molecule has 3 nitrogen and oxygen atoms in total. The molecule has 1 aromatic heterocycles. The van der Waals surface area contributed by atoms with Crippen molar-refractivity contribution in [2.75, 3.05) is 26.7 Å². The van der Waals surface area contributed by atoms with Gasteiger partial charge in [0.25, 0.3) is 0 Å². The first-order valence-corrected chi connectivity index (χ1v) is 9.56. The molecular formula is C20H24Cl3N3. The number of hydrogen-bond acceptors (Lipinski definition) is 3. The molecule has 0 spiro atoms. The number of aromatic nitrogens is 1. The van der Waals surface area contributed by atoms with Crippen molar-refractivity contribution in [2.45, 2.75) is 19.5 Å². The summed E-state index contributed by atoms with van der Waals surface area (Å²) in [6.45, 7) is 6.37. The summed E-state index contributed by atoms with van der Waals surface area (Å²) in [5, 5.41) is 1.33. The van der Waals surface area contributed by atoms with Gasteiger partial charge in [-0.2, -0.15) is 0 Å². The maximum Gasteiger partial charge on any atom is 0.0649 e. The van der Waals surface area contributed by atoms with Crippen LogP contribution in [0.2, 0.25) is 10.0 Å². The van der Waals surface area contributed by atoms with Crippen molar-refractivity contribution < 1.29 is 0 Å². The Hall–Kier alpha value is -0.840. The van der Waals surface area contributed by atoms with Gasteiger partial charge in [0.2, 0.25) is 0 Å². The number of fused-ring (bicyclic) bond motifs is 1. The van der Waals surface area contributed by atoms with E-state index >= 15 is 0 Å². The lowest BCUT2D eigenvalue weighted by Gasteiger charge is -2.28. The van der Waals surface area contributed by atoms with Gasteiger partial charge in [-0.25, -0.2) is 0 Å². The van der Waals surface area contributed by atoms with Gasteiger partial charge in [-0.1, -0.05) is 47.5 Å². The third kappa shape index (κ3) is 3.61. The lowest BCUT2D eigenvalue weighted by atomic mass is 9.88. The average Bonchev–Trinajstić information content (AvgIpc) is 3.08. The third-order valence-corrected chi connectivity index (χ3v) is 6.46. The van der Waals surface area contributed by atoms with E-state index in [1.807, 2.05) is 0 Å². The Kier molecular flexibility index (Phi) is 6.15. The number of rotatable bonds is 3. The zero-order valence-electron chi connectivity index (χ0n) is 15.0. The van der Waals surface area contributed by atoms with Gasteiger partial charge in [0, 0.05) is 50.2 Å². The number of halogens is 3. The normalized spacial score (nSPS) is 25.9. The van der Waals surface area contributed by atoms with Crippen LogP contribution >= 0.6 is 35.6 Å². The van der Waals surface area contributed by atoms with Gasteiger partial charge in [0.15, 0.2) is 0 Å². The van der Waals surface area contributed by atoms with Crippen LogP contribution in [-0.4, -0.2) is 41.5 Å². The first kappa shape index (κ1) is 19.9. The van der Waals surface area contributed by atoms with Crippen LogP contribution in [-0.2, 0) is 6.54 Å². The summed E-state index contributed by atoms with van der Waals surface area (Å²) < 4.78 is 0. The highest BCUT2D eigenvalue weighted by atomic mass is 35.5. The zero-order chi connectivity index (χ0) is 17.6. The summed E-state index contributed by atoms with van der Waals surface area (Å²) in [5.74, 6) is 1.36. The van der Waals surface area contributed by atoms with Crippen LogP contribution in [0.4, 0.5) is 0 Å². The van der Waals surface area contributed by atoms with E-state index in [4.69, 9.17) is 23.2 Å². The molecule has 2 saturated heterocycles. The van der Waals surface area contributed by atoms with Gasteiger partial charge >= 0.3 is 0 Å². The molecule has 6 heteroatoms. The predicted molar refractivity (Wildman–Crippen MR) is 110 cm³/mol. The lowest BCUT2D eigenvalue weighted by molar-refractivity contribution is 0.224. The molecule has 0 unspecified atom stereocenters. The molecule has 0 radical (unpaired) electrons. The molecule has 2 aliphatic heterocycles. The number of pyridine rings is 1. The molecule has 3 atom stereocenters. The fourth-order valence-electron chi connectivity index (χ4n) is 4.68. The molecule has 3 heterocycles. The van der Waals surface area contributed by atoms with Gasteiger partial charge < -0.3 is 0 Å². The van der Waals surface area contributed by atoms with Crippen molar-refractivity contribution in [3.8, 4) is 0 Å². The highest BCUT2D eigenvalue weighted by molar-refractivity contribution is 6.35.